The molecule has 2 aromatic rings. The maximum absolute atomic E-state index is 12.3. The lowest BCUT2D eigenvalue weighted by atomic mass is 9.85. The number of hydrogen-bond donors (Lipinski definition) is 2. The molecule has 1 aliphatic carbocycles. The molecule has 1 unspecified atom stereocenters. The fourth-order valence-corrected chi connectivity index (χ4v) is 4.23. The first-order valence-corrected chi connectivity index (χ1v) is 8.82. The van der Waals surface area contributed by atoms with Crippen LogP contribution in [0, 0.1) is 5.92 Å². The fourth-order valence-electron chi connectivity index (χ4n) is 3.10. The average Bonchev–Trinajstić information content (AvgIpc) is 3.16. The van der Waals surface area contributed by atoms with Gasteiger partial charge in [0.1, 0.15) is 0 Å². The van der Waals surface area contributed by atoms with E-state index in [0.29, 0.717) is 13.0 Å². The first-order valence-electron chi connectivity index (χ1n) is 8.00. The van der Waals surface area contributed by atoms with E-state index in [2.05, 4.69) is 33.7 Å². The van der Waals surface area contributed by atoms with Crippen LogP contribution in [0.1, 0.15) is 52.0 Å². The van der Waals surface area contributed by atoms with E-state index >= 15 is 0 Å². The van der Waals surface area contributed by atoms with Gasteiger partial charge in [0, 0.05) is 17.8 Å². The highest BCUT2D eigenvalue weighted by molar-refractivity contribution is 7.14. The molecule has 0 aliphatic heterocycles. The van der Waals surface area contributed by atoms with Gasteiger partial charge in [-0.15, -0.1) is 11.3 Å². The van der Waals surface area contributed by atoms with Crippen LogP contribution in [0.2, 0.25) is 0 Å². The SMILES string of the molecule is CCCC1CCc2sc(C(=O)NCCc3cn[nH]n3)cc2C1. The van der Waals surface area contributed by atoms with E-state index in [1.807, 2.05) is 0 Å². The van der Waals surface area contributed by atoms with Crippen LogP contribution in [0.25, 0.3) is 0 Å². The van der Waals surface area contributed by atoms with Gasteiger partial charge in [0.2, 0.25) is 0 Å². The zero-order chi connectivity index (χ0) is 15.4. The molecular formula is C16H22N4OS. The molecule has 0 aromatic carbocycles. The van der Waals surface area contributed by atoms with Gasteiger partial charge in [-0.25, -0.2) is 0 Å². The van der Waals surface area contributed by atoms with Crippen molar-refractivity contribution in [3.05, 3.63) is 33.3 Å². The monoisotopic (exact) mass is 318 g/mol. The number of aromatic nitrogens is 3. The van der Waals surface area contributed by atoms with Gasteiger partial charge >= 0.3 is 0 Å². The quantitative estimate of drug-likeness (QED) is 0.860. The number of aryl methyl sites for hydroxylation is 1. The van der Waals surface area contributed by atoms with Gasteiger partial charge in [0.25, 0.3) is 5.91 Å². The van der Waals surface area contributed by atoms with Crippen molar-refractivity contribution in [2.75, 3.05) is 6.54 Å². The second-order valence-electron chi connectivity index (χ2n) is 5.92. The molecule has 2 aromatic heterocycles. The molecule has 0 radical (unpaired) electrons. The van der Waals surface area contributed by atoms with Crippen molar-refractivity contribution in [2.24, 2.45) is 5.92 Å². The van der Waals surface area contributed by atoms with Crippen molar-refractivity contribution in [3.63, 3.8) is 0 Å². The Balaban J connectivity index is 1.55. The molecule has 1 atom stereocenters. The van der Waals surface area contributed by atoms with E-state index in [9.17, 15) is 4.79 Å². The largest absolute Gasteiger partial charge is 0.351 e. The summed E-state index contributed by atoms with van der Waals surface area (Å²) in [5.41, 5.74) is 2.27. The molecule has 6 heteroatoms. The number of amides is 1. The fraction of sp³-hybridized carbons (Fsp3) is 0.562. The molecule has 1 aliphatic rings. The van der Waals surface area contributed by atoms with E-state index in [1.165, 1.54) is 29.7 Å². The van der Waals surface area contributed by atoms with Crippen molar-refractivity contribution in [1.29, 1.82) is 0 Å². The number of nitrogens with zero attached hydrogens (tertiary/aromatic N) is 2. The topological polar surface area (TPSA) is 70.7 Å². The predicted molar refractivity (Wildman–Crippen MR) is 87.2 cm³/mol. The second-order valence-corrected chi connectivity index (χ2v) is 7.06. The van der Waals surface area contributed by atoms with Crippen molar-refractivity contribution in [3.8, 4) is 0 Å². The molecule has 118 valence electrons. The number of nitrogens with one attached hydrogen (secondary N) is 2. The summed E-state index contributed by atoms with van der Waals surface area (Å²) in [5.74, 6) is 0.838. The summed E-state index contributed by atoms with van der Waals surface area (Å²) in [6.45, 7) is 2.84. The van der Waals surface area contributed by atoms with Crippen molar-refractivity contribution < 1.29 is 4.79 Å². The Labute approximate surface area is 134 Å². The molecule has 3 rings (SSSR count). The van der Waals surface area contributed by atoms with Crippen LogP contribution in [0.5, 0.6) is 0 Å². The third-order valence-corrected chi connectivity index (χ3v) is 5.47. The standard InChI is InChI=1S/C16H22N4OS/c1-2-3-11-4-5-14-12(8-11)9-15(22-14)16(21)17-7-6-13-10-18-20-19-13/h9-11H,2-8H2,1H3,(H,17,21)(H,18,19,20). The summed E-state index contributed by atoms with van der Waals surface area (Å²) < 4.78 is 0. The van der Waals surface area contributed by atoms with Crippen LogP contribution >= 0.6 is 11.3 Å². The van der Waals surface area contributed by atoms with Crippen molar-refractivity contribution >= 4 is 17.2 Å². The summed E-state index contributed by atoms with van der Waals surface area (Å²) in [4.78, 5) is 14.5. The first-order chi connectivity index (χ1) is 10.8. The molecule has 2 heterocycles. The normalized spacial score (nSPS) is 17.2. The lowest BCUT2D eigenvalue weighted by Crippen LogP contribution is -2.24. The number of carbonyl (C=O) groups is 1. The number of H-pyrrole nitrogens is 1. The molecular weight excluding hydrogens is 296 g/mol. The number of fused-ring (bicyclic) bond motifs is 1. The third-order valence-electron chi connectivity index (χ3n) is 4.24. The van der Waals surface area contributed by atoms with E-state index in [1.54, 1.807) is 17.5 Å². The Bertz CT molecular complexity index is 620. The maximum Gasteiger partial charge on any atom is 0.261 e. The van der Waals surface area contributed by atoms with Crippen LogP contribution < -0.4 is 5.32 Å². The molecule has 22 heavy (non-hydrogen) atoms. The van der Waals surface area contributed by atoms with Crippen LogP contribution in [-0.2, 0) is 19.3 Å². The highest BCUT2D eigenvalue weighted by atomic mass is 32.1. The molecule has 2 N–H and O–H groups in total. The van der Waals surface area contributed by atoms with Gasteiger partial charge in [-0.05, 0) is 36.8 Å². The van der Waals surface area contributed by atoms with E-state index in [4.69, 9.17) is 0 Å². The van der Waals surface area contributed by atoms with Crippen LogP contribution in [-0.4, -0.2) is 27.9 Å². The minimum absolute atomic E-state index is 0.0370. The third kappa shape index (κ3) is 3.55. The molecule has 5 nitrogen and oxygen atoms in total. The van der Waals surface area contributed by atoms with E-state index < -0.39 is 0 Å². The van der Waals surface area contributed by atoms with Gasteiger partial charge in [0.05, 0.1) is 16.8 Å². The lowest BCUT2D eigenvalue weighted by molar-refractivity contribution is 0.0958. The highest BCUT2D eigenvalue weighted by Crippen LogP contribution is 2.34. The van der Waals surface area contributed by atoms with Crippen LogP contribution in [0.3, 0.4) is 0 Å². The molecule has 0 bridgehead atoms. The van der Waals surface area contributed by atoms with E-state index in [-0.39, 0.29) is 5.91 Å². The predicted octanol–water partition coefficient (Wildman–Crippen LogP) is 2.74. The summed E-state index contributed by atoms with van der Waals surface area (Å²) in [6, 6.07) is 2.10. The van der Waals surface area contributed by atoms with Crippen molar-refractivity contribution in [2.45, 2.75) is 45.4 Å². The zero-order valence-corrected chi connectivity index (χ0v) is 13.7. The first kappa shape index (κ1) is 15.2. The number of thiophene rings is 1. The highest BCUT2D eigenvalue weighted by Gasteiger charge is 2.22. The molecule has 0 fully saturated rings. The Kier molecular flexibility index (Phi) is 4.87. The maximum atomic E-state index is 12.3. The lowest BCUT2D eigenvalue weighted by Gasteiger charge is -2.21. The Morgan fingerprint density at radius 2 is 2.45 bits per heavy atom. The number of hydrogen-bond acceptors (Lipinski definition) is 4. The van der Waals surface area contributed by atoms with Crippen LogP contribution in [0.15, 0.2) is 12.3 Å². The number of rotatable bonds is 6. The molecule has 0 saturated heterocycles. The molecule has 0 spiro atoms. The molecule has 0 saturated carbocycles. The Hall–Kier alpha value is -1.69. The molecule has 1 amide bonds. The van der Waals surface area contributed by atoms with Gasteiger partial charge < -0.3 is 5.32 Å². The summed E-state index contributed by atoms with van der Waals surface area (Å²) >= 11 is 1.67. The number of aromatic amines is 1. The van der Waals surface area contributed by atoms with Gasteiger partial charge in [-0.2, -0.15) is 15.4 Å². The smallest absolute Gasteiger partial charge is 0.261 e. The van der Waals surface area contributed by atoms with Gasteiger partial charge in [-0.1, -0.05) is 19.8 Å². The minimum atomic E-state index is 0.0370. The summed E-state index contributed by atoms with van der Waals surface area (Å²) in [7, 11) is 0. The number of carbonyl (C=O) groups excluding carboxylic acids is 1. The van der Waals surface area contributed by atoms with Gasteiger partial charge in [0.15, 0.2) is 0 Å². The zero-order valence-electron chi connectivity index (χ0n) is 12.9. The van der Waals surface area contributed by atoms with Gasteiger partial charge in [-0.3, -0.25) is 4.79 Å². The Morgan fingerprint density at radius 3 is 3.23 bits per heavy atom. The Morgan fingerprint density at radius 1 is 1.55 bits per heavy atom. The average molecular weight is 318 g/mol. The minimum Gasteiger partial charge on any atom is -0.351 e. The van der Waals surface area contributed by atoms with E-state index in [0.717, 1.165) is 29.3 Å². The van der Waals surface area contributed by atoms with Crippen LogP contribution in [0.4, 0.5) is 0 Å². The summed E-state index contributed by atoms with van der Waals surface area (Å²) in [5, 5.41) is 13.3. The van der Waals surface area contributed by atoms with Crippen molar-refractivity contribution in [1.82, 2.24) is 20.7 Å². The second kappa shape index (κ2) is 7.05. The summed E-state index contributed by atoms with van der Waals surface area (Å²) in [6.07, 6.45) is 8.49.